The van der Waals surface area contributed by atoms with Gasteiger partial charge in [-0.2, -0.15) is 4.98 Å². The molecule has 1 aromatic carbocycles. The Hall–Kier alpha value is -2.48. The molecule has 0 saturated heterocycles. The lowest BCUT2D eigenvalue weighted by molar-refractivity contribution is -0.136. The van der Waals surface area contributed by atoms with Gasteiger partial charge >= 0.3 is 5.97 Å². The molecule has 3 rings (SSSR count). The molecule has 0 fully saturated rings. The fourth-order valence-electron chi connectivity index (χ4n) is 2.89. The van der Waals surface area contributed by atoms with Gasteiger partial charge < -0.3 is 14.8 Å². The van der Waals surface area contributed by atoms with E-state index in [1.54, 1.807) is 11.8 Å². The van der Waals surface area contributed by atoms with Crippen LogP contribution in [-0.2, 0) is 9.53 Å². The van der Waals surface area contributed by atoms with Crippen LogP contribution in [0.2, 0.25) is 0 Å². The molecule has 0 aliphatic carbocycles. The molecule has 2 heterocycles. The van der Waals surface area contributed by atoms with Crippen molar-refractivity contribution in [2.24, 2.45) is 0 Å². The monoisotopic (exact) mass is 360 g/mol. The third-order valence-electron chi connectivity index (χ3n) is 4.07. The fourth-order valence-corrected chi connectivity index (χ4v) is 3.24. The molecule has 7 nitrogen and oxygen atoms in total. The Balaban J connectivity index is 2.22. The zero-order chi connectivity index (χ0) is 18.0. The Morgan fingerprint density at radius 1 is 1.40 bits per heavy atom. The van der Waals surface area contributed by atoms with Crippen molar-refractivity contribution in [3.63, 3.8) is 0 Å². The number of fused-ring (bicyclic) bond motifs is 1. The highest BCUT2D eigenvalue weighted by Gasteiger charge is 2.35. The van der Waals surface area contributed by atoms with E-state index in [2.05, 4.69) is 15.4 Å². The van der Waals surface area contributed by atoms with Gasteiger partial charge in [-0.1, -0.05) is 30.8 Å². The van der Waals surface area contributed by atoms with Crippen molar-refractivity contribution in [3.8, 4) is 5.75 Å². The lowest BCUT2D eigenvalue weighted by Crippen LogP contribution is -2.30. The van der Waals surface area contributed by atoms with Gasteiger partial charge in [0.2, 0.25) is 11.1 Å². The number of hydrogen-bond donors (Lipinski definition) is 1. The highest BCUT2D eigenvalue weighted by Crippen LogP contribution is 2.38. The number of methoxy groups -OCH3 is 2. The number of carbonyl (C=O) groups is 1. The van der Waals surface area contributed by atoms with Gasteiger partial charge in [0, 0.05) is 5.70 Å². The summed E-state index contributed by atoms with van der Waals surface area (Å²) in [6.45, 7) is 1.98. The molecule has 0 amide bonds. The summed E-state index contributed by atoms with van der Waals surface area (Å²) in [5, 5.41) is 8.40. The van der Waals surface area contributed by atoms with Gasteiger partial charge in [-0.05, 0) is 30.4 Å². The average Bonchev–Trinajstić information content (AvgIpc) is 3.08. The number of benzene rings is 1. The van der Waals surface area contributed by atoms with Crippen molar-refractivity contribution in [2.45, 2.75) is 24.5 Å². The minimum atomic E-state index is -0.429. The SMILES string of the molecule is CCC1=C(C(=O)OC)C(c2cccc(OC)c2)n2nc(SC)nc2N1. The van der Waals surface area contributed by atoms with E-state index in [-0.39, 0.29) is 5.97 Å². The first-order valence-corrected chi connectivity index (χ1v) is 9.08. The maximum Gasteiger partial charge on any atom is 0.338 e. The van der Waals surface area contributed by atoms with E-state index in [0.717, 1.165) is 11.3 Å². The molecule has 8 heteroatoms. The van der Waals surface area contributed by atoms with E-state index in [1.165, 1.54) is 18.9 Å². The number of anilines is 1. The quantitative estimate of drug-likeness (QED) is 0.649. The van der Waals surface area contributed by atoms with Gasteiger partial charge in [0.15, 0.2) is 0 Å². The average molecular weight is 360 g/mol. The molecule has 0 saturated carbocycles. The first-order valence-electron chi connectivity index (χ1n) is 7.85. The summed E-state index contributed by atoms with van der Waals surface area (Å²) < 4.78 is 12.1. The van der Waals surface area contributed by atoms with E-state index in [4.69, 9.17) is 9.47 Å². The number of rotatable bonds is 5. The van der Waals surface area contributed by atoms with Crippen LogP contribution in [0.1, 0.15) is 24.9 Å². The zero-order valence-corrected chi connectivity index (χ0v) is 15.4. The number of ether oxygens (including phenoxy) is 2. The number of hydrogen-bond acceptors (Lipinski definition) is 7. The van der Waals surface area contributed by atoms with Crippen molar-refractivity contribution in [1.82, 2.24) is 14.8 Å². The van der Waals surface area contributed by atoms with Crippen LogP contribution in [0, 0.1) is 0 Å². The first-order chi connectivity index (χ1) is 12.1. The van der Waals surface area contributed by atoms with Crippen molar-refractivity contribution < 1.29 is 14.3 Å². The molecule has 2 aromatic rings. The lowest BCUT2D eigenvalue weighted by Gasteiger charge is -2.28. The highest BCUT2D eigenvalue weighted by atomic mass is 32.2. The summed E-state index contributed by atoms with van der Waals surface area (Å²) in [7, 11) is 3.00. The first kappa shape index (κ1) is 17.3. The molecule has 25 heavy (non-hydrogen) atoms. The molecule has 132 valence electrons. The molecule has 0 radical (unpaired) electrons. The summed E-state index contributed by atoms with van der Waals surface area (Å²) in [5.41, 5.74) is 2.20. The number of aromatic nitrogens is 3. The summed E-state index contributed by atoms with van der Waals surface area (Å²) >= 11 is 1.45. The van der Waals surface area contributed by atoms with Gasteiger partial charge in [0.05, 0.1) is 19.8 Å². The third kappa shape index (κ3) is 3.09. The van der Waals surface area contributed by atoms with Crippen LogP contribution in [0.5, 0.6) is 5.75 Å². The summed E-state index contributed by atoms with van der Waals surface area (Å²) in [5.74, 6) is 0.941. The number of allylic oxidation sites excluding steroid dienone is 1. The van der Waals surface area contributed by atoms with Gasteiger partial charge in [-0.25, -0.2) is 9.48 Å². The molecule has 1 unspecified atom stereocenters. The van der Waals surface area contributed by atoms with Crippen LogP contribution in [0.25, 0.3) is 0 Å². The normalized spacial score (nSPS) is 16.2. The standard InChI is InChI=1S/C17H20N4O3S/c1-5-12-13(15(22)24-3)14(10-7-6-8-11(9-10)23-2)21-16(18-12)19-17(20-21)25-4/h6-9,14H,5H2,1-4H3,(H,18,19,20). The molecular weight excluding hydrogens is 340 g/mol. The Morgan fingerprint density at radius 3 is 2.84 bits per heavy atom. The van der Waals surface area contributed by atoms with Crippen LogP contribution in [0.15, 0.2) is 40.7 Å². The second kappa shape index (κ2) is 7.18. The zero-order valence-electron chi connectivity index (χ0n) is 14.6. The fraction of sp³-hybridized carbons (Fsp3) is 0.353. The van der Waals surface area contributed by atoms with Crippen LogP contribution in [0.4, 0.5) is 5.95 Å². The Bertz CT molecular complexity index is 831. The van der Waals surface area contributed by atoms with E-state index < -0.39 is 6.04 Å². The maximum absolute atomic E-state index is 12.5. The minimum absolute atomic E-state index is 0.385. The molecule has 0 spiro atoms. The second-order valence-corrected chi connectivity index (χ2v) is 6.18. The van der Waals surface area contributed by atoms with Gasteiger partial charge in [0.25, 0.3) is 0 Å². The highest BCUT2D eigenvalue weighted by molar-refractivity contribution is 7.98. The predicted octanol–water partition coefficient (Wildman–Crippen LogP) is 2.86. The Kier molecular flexibility index (Phi) is 4.98. The largest absolute Gasteiger partial charge is 0.497 e. The molecular formula is C17H20N4O3S. The Morgan fingerprint density at radius 2 is 2.20 bits per heavy atom. The smallest absolute Gasteiger partial charge is 0.338 e. The van der Waals surface area contributed by atoms with Crippen LogP contribution in [-0.4, -0.2) is 41.2 Å². The van der Waals surface area contributed by atoms with Crippen LogP contribution in [0.3, 0.4) is 0 Å². The third-order valence-corrected chi connectivity index (χ3v) is 4.61. The van der Waals surface area contributed by atoms with E-state index in [1.807, 2.05) is 37.4 Å². The van der Waals surface area contributed by atoms with Gasteiger partial charge in [0.1, 0.15) is 11.8 Å². The summed E-state index contributed by atoms with van der Waals surface area (Å²) in [6, 6.07) is 7.17. The van der Waals surface area contributed by atoms with E-state index in [0.29, 0.717) is 28.8 Å². The number of thioether (sulfide) groups is 1. The summed E-state index contributed by atoms with van der Waals surface area (Å²) in [6.07, 6.45) is 2.56. The van der Waals surface area contributed by atoms with Crippen molar-refractivity contribution in [3.05, 3.63) is 41.1 Å². The molecule has 1 aromatic heterocycles. The second-order valence-electron chi connectivity index (χ2n) is 5.41. The van der Waals surface area contributed by atoms with Crippen molar-refractivity contribution in [1.29, 1.82) is 0 Å². The van der Waals surface area contributed by atoms with Gasteiger partial charge in [-0.3, -0.25) is 0 Å². The molecule has 0 bridgehead atoms. The van der Waals surface area contributed by atoms with E-state index in [9.17, 15) is 4.79 Å². The topological polar surface area (TPSA) is 78.3 Å². The number of nitrogens with zero attached hydrogens (tertiary/aromatic N) is 3. The maximum atomic E-state index is 12.5. The van der Waals surface area contributed by atoms with E-state index >= 15 is 0 Å². The number of carbonyl (C=O) groups excluding carboxylic acids is 1. The molecule has 1 N–H and O–H groups in total. The predicted molar refractivity (Wildman–Crippen MR) is 95.9 cm³/mol. The molecule has 1 aliphatic heterocycles. The number of nitrogens with one attached hydrogen (secondary N) is 1. The van der Waals surface area contributed by atoms with Crippen molar-refractivity contribution >= 4 is 23.7 Å². The lowest BCUT2D eigenvalue weighted by atomic mass is 9.94. The number of esters is 1. The van der Waals surface area contributed by atoms with Crippen LogP contribution >= 0.6 is 11.8 Å². The minimum Gasteiger partial charge on any atom is -0.497 e. The Labute approximate surface area is 150 Å². The molecule has 1 aliphatic rings. The molecule has 1 atom stereocenters. The van der Waals surface area contributed by atoms with Crippen LogP contribution < -0.4 is 10.1 Å². The van der Waals surface area contributed by atoms with Gasteiger partial charge in [-0.15, -0.1) is 5.10 Å². The van der Waals surface area contributed by atoms with Crippen molar-refractivity contribution in [2.75, 3.05) is 25.8 Å². The summed E-state index contributed by atoms with van der Waals surface area (Å²) in [4.78, 5) is 17.0.